The number of nitrogens with two attached hydrogens (primary N) is 1. The summed E-state index contributed by atoms with van der Waals surface area (Å²) < 4.78 is 5.74. The van der Waals surface area contributed by atoms with Gasteiger partial charge in [0.1, 0.15) is 5.75 Å². The quantitative estimate of drug-likeness (QED) is 0.555. The molecule has 0 fully saturated rings. The van der Waals surface area contributed by atoms with E-state index in [2.05, 4.69) is 6.92 Å². The molecule has 4 heteroatoms. The van der Waals surface area contributed by atoms with Crippen molar-refractivity contribution in [3.63, 3.8) is 0 Å². The average Bonchev–Trinajstić information content (AvgIpc) is 2.37. The largest absolute Gasteiger partial charge is 0.489 e. The Morgan fingerprint density at radius 3 is 2.68 bits per heavy atom. The van der Waals surface area contributed by atoms with Crippen molar-refractivity contribution in [3.05, 3.63) is 23.8 Å². The van der Waals surface area contributed by atoms with E-state index < -0.39 is 5.97 Å². The van der Waals surface area contributed by atoms with Gasteiger partial charge in [-0.15, -0.1) is 0 Å². The molecule has 0 spiro atoms. The van der Waals surface area contributed by atoms with E-state index in [9.17, 15) is 4.79 Å². The van der Waals surface area contributed by atoms with E-state index in [1.807, 2.05) is 6.92 Å². The fraction of sp³-hybridized carbons (Fsp3) is 0.533. The Kier molecular flexibility index (Phi) is 6.19. The maximum absolute atomic E-state index is 10.8. The van der Waals surface area contributed by atoms with Gasteiger partial charge < -0.3 is 15.6 Å². The van der Waals surface area contributed by atoms with Gasteiger partial charge in [-0.1, -0.05) is 26.2 Å². The molecule has 0 radical (unpaired) electrons. The number of anilines is 1. The van der Waals surface area contributed by atoms with Crippen LogP contribution in [0.1, 0.15) is 56.3 Å². The lowest BCUT2D eigenvalue weighted by molar-refractivity contribution is 0.0697. The molecule has 0 aliphatic carbocycles. The van der Waals surface area contributed by atoms with Crippen molar-refractivity contribution in [2.24, 2.45) is 0 Å². The summed E-state index contributed by atoms with van der Waals surface area (Å²) in [5, 5.41) is 8.85. The van der Waals surface area contributed by atoms with Crippen molar-refractivity contribution >= 4 is 11.7 Å². The Bertz CT molecular complexity index is 418. The molecule has 1 rings (SSSR count). The zero-order valence-electron chi connectivity index (χ0n) is 11.7. The molecule has 0 aromatic heterocycles. The summed E-state index contributed by atoms with van der Waals surface area (Å²) in [6, 6.07) is 4.57. The molecule has 0 unspecified atom stereocenters. The molecule has 4 nitrogen and oxygen atoms in total. The molecule has 0 aliphatic heterocycles. The maximum atomic E-state index is 10.8. The molecule has 19 heavy (non-hydrogen) atoms. The molecule has 106 valence electrons. The van der Waals surface area contributed by atoms with E-state index in [0.717, 1.165) is 12.8 Å². The van der Waals surface area contributed by atoms with Crippen molar-refractivity contribution in [1.82, 2.24) is 0 Å². The minimum Gasteiger partial charge on any atom is -0.489 e. The highest BCUT2D eigenvalue weighted by molar-refractivity contribution is 5.89. The van der Waals surface area contributed by atoms with Gasteiger partial charge >= 0.3 is 5.97 Å². The average molecular weight is 265 g/mol. The van der Waals surface area contributed by atoms with Crippen molar-refractivity contribution < 1.29 is 14.6 Å². The van der Waals surface area contributed by atoms with E-state index >= 15 is 0 Å². The molecule has 1 atom stereocenters. The SMILES string of the molecule is CCCCCC[C@@H](C)Oc1ccc(C(=O)O)cc1N. The van der Waals surface area contributed by atoms with Gasteiger partial charge in [-0.2, -0.15) is 0 Å². The first-order valence-electron chi connectivity index (χ1n) is 6.84. The van der Waals surface area contributed by atoms with Crippen LogP contribution in [0.25, 0.3) is 0 Å². The first-order chi connectivity index (χ1) is 9.04. The molecule has 0 heterocycles. The fourth-order valence-electron chi connectivity index (χ4n) is 1.92. The lowest BCUT2D eigenvalue weighted by Gasteiger charge is -2.16. The van der Waals surface area contributed by atoms with Crippen LogP contribution >= 0.6 is 0 Å². The van der Waals surface area contributed by atoms with Crippen LogP contribution in [0.4, 0.5) is 5.69 Å². The number of carboxylic acids is 1. The Morgan fingerprint density at radius 2 is 2.11 bits per heavy atom. The molecular formula is C15H23NO3. The summed E-state index contributed by atoms with van der Waals surface area (Å²) in [7, 11) is 0. The highest BCUT2D eigenvalue weighted by atomic mass is 16.5. The molecule has 1 aromatic carbocycles. The van der Waals surface area contributed by atoms with Crippen LogP contribution in [-0.2, 0) is 0 Å². The van der Waals surface area contributed by atoms with E-state index in [4.69, 9.17) is 15.6 Å². The Balaban J connectivity index is 2.50. The third-order valence-corrected chi connectivity index (χ3v) is 3.05. The molecule has 0 saturated heterocycles. The highest BCUT2D eigenvalue weighted by Gasteiger charge is 2.10. The minimum absolute atomic E-state index is 0.0924. The Hall–Kier alpha value is -1.71. The molecular weight excluding hydrogens is 242 g/mol. The van der Waals surface area contributed by atoms with Gasteiger partial charge in [0.25, 0.3) is 0 Å². The Labute approximate surface area is 114 Å². The number of carbonyl (C=O) groups is 1. The second kappa shape index (κ2) is 7.67. The zero-order chi connectivity index (χ0) is 14.3. The smallest absolute Gasteiger partial charge is 0.335 e. The second-order valence-electron chi connectivity index (χ2n) is 4.84. The monoisotopic (exact) mass is 265 g/mol. The molecule has 0 bridgehead atoms. The summed E-state index contributed by atoms with van der Waals surface area (Å²) in [6.45, 7) is 4.20. The molecule has 0 aliphatic rings. The number of nitrogen functional groups attached to an aromatic ring is 1. The van der Waals surface area contributed by atoms with Crippen LogP contribution in [0.15, 0.2) is 18.2 Å². The topological polar surface area (TPSA) is 72.5 Å². The number of hydrogen-bond donors (Lipinski definition) is 2. The fourth-order valence-corrected chi connectivity index (χ4v) is 1.92. The van der Waals surface area contributed by atoms with Gasteiger partial charge in [0.2, 0.25) is 0 Å². The molecule has 0 amide bonds. The van der Waals surface area contributed by atoms with E-state index in [1.54, 1.807) is 6.07 Å². The summed E-state index contributed by atoms with van der Waals surface area (Å²) in [6.07, 6.45) is 5.91. The number of aromatic carboxylic acids is 1. The lowest BCUT2D eigenvalue weighted by atomic mass is 10.1. The molecule has 1 aromatic rings. The molecule has 3 N–H and O–H groups in total. The number of carboxylic acid groups (broad SMARTS) is 1. The van der Waals surface area contributed by atoms with Crippen molar-refractivity contribution in [1.29, 1.82) is 0 Å². The number of benzene rings is 1. The maximum Gasteiger partial charge on any atom is 0.335 e. The number of rotatable bonds is 8. The first kappa shape index (κ1) is 15.3. The van der Waals surface area contributed by atoms with Gasteiger partial charge in [0.15, 0.2) is 0 Å². The predicted molar refractivity (Wildman–Crippen MR) is 76.7 cm³/mol. The normalized spacial score (nSPS) is 12.1. The third-order valence-electron chi connectivity index (χ3n) is 3.05. The number of hydrogen-bond acceptors (Lipinski definition) is 3. The summed E-state index contributed by atoms with van der Waals surface area (Å²) in [4.78, 5) is 10.8. The number of ether oxygens (including phenoxy) is 1. The van der Waals surface area contributed by atoms with Crippen LogP contribution < -0.4 is 10.5 Å². The van der Waals surface area contributed by atoms with E-state index in [-0.39, 0.29) is 11.7 Å². The zero-order valence-corrected chi connectivity index (χ0v) is 11.7. The lowest BCUT2D eigenvalue weighted by Crippen LogP contribution is -2.13. The van der Waals surface area contributed by atoms with E-state index in [0.29, 0.717) is 11.4 Å². The number of unbranched alkanes of at least 4 members (excludes halogenated alkanes) is 3. The van der Waals surface area contributed by atoms with Crippen molar-refractivity contribution in [2.75, 3.05) is 5.73 Å². The van der Waals surface area contributed by atoms with Crippen LogP contribution in [0.3, 0.4) is 0 Å². The van der Waals surface area contributed by atoms with Gasteiger partial charge in [0, 0.05) is 0 Å². The highest BCUT2D eigenvalue weighted by Crippen LogP contribution is 2.24. The van der Waals surface area contributed by atoms with Crippen molar-refractivity contribution in [3.8, 4) is 5.75 Å². The van der Waals surface area contributed by atoms with Gasteiger partial charge in [0.05, 0.1) is 17.4 Å². The van der Waals surface area contributed by atoms with Crippen LogP contribution in [-0.4, -0.2) is 17.2 Å². The van der Waals surface area contributed by atoms with Gasteiger partial charge in [-0.3, -0.25) is 0 Å². The van der Waals surface area contributed by atoms with Crippen LogP contribution in [0, 0.1) is 0 Å². The second-order valence-corrected chi connectivity index (χ2v) is 4.84. The van der Waals surface area contributed by atoms with Crippen LogP contribution in [0.5, 0.6) is 5.75 Å². The predicted octanol–water partition coefficient (Wildman–Crippen LogP) is 3.70. The first-order valence-corrected chi connectivity index (χ1v) is 6.84. The third kappa shape index (κ3) is 5.20. The van der Waals surface area contributed by atoms with Gasteiger partial charge in [-0.25, -0.2) is 4.79 Å². The standard InChI is InChI=1S/C15H23NO3/c1-3-4-5-6-7-11(2)19-14-9-8-12(15(17)18)10-13(14)16/h8-11H,3-7,16H2,1-2H3,(H,17,18)/t11-/m1/s1. The molecule has 0 saturated carbocycles. The summed E-state index contributed by atoms with van der Waals surface area (Å²) in [5.74, 6) is -0.418. The van der Waals surface area contributed by atoms with Gasteiger partial charge in [-0.05, 0) is 38.0 Å². The summed E-state index contributed by atoms with van der Waals surface area (Å²) >= 11 is 0. The Morgan fingerprint density at radius 1 is 1.37 bits per heavy atom. The van der Waals surface area contributed by atoms with E-state index in [1.165, 1.54) is 31.4 Å². The van der Waals surface area contributed by atoms with Crippen LogP contribution in [0.2, 0.25) is 0 Å². The summed E-state index contributed by atoms with van der Waals surface area (Å²) in [5.41, 5.74) is 6.35. The minimum atomic E-state index is -0.981. The van der Waals surface area contributed by atoms with Crippen molar-refractivity contribution in [2.45, 2.75) is 52.1 Å².